The maximum atomic E-state index is 11.8. The largest absolute Gasteiger partial charge is 0.352 e. The first-order valence-corrected chi connectivity index (χ1v) is 6.67. The lowest BCUT2D eigenvalue weighted by Crippen LogP contribution is -2.43. The number of nitrogens with one attached hydrogen (secondary N) is 1. The van der Waals surface area contributed by atoms with Crippen LogP contribution in [0.4, 0.5) is 0 Å². The Labute approximate surface area is 99.6 Å². The van der Waals surface area contributed by atoms with E-state index >= 15 is 0 Å². The van der Waals surface area contributed by atoms with E-state index in [1.807, 2.05) is 0 Å². The second-order valence-corrected chi connectivity index (χ2v) is 4.99. The molecule has 0 aliphatic heterocycles. The number of hydrogen-bond donors (Lipinski definition) is 1. The maximum Gasteiger partial charge on any atom is 0.234 e. The third kappa shape index (κ3) is 4.52. The topological polar surface area (TPSA) is 32.3 Å². The predicted octanol–water partition coefficient (Wildman–Crippen LogP) is 2.02. The monoisotopic (exact) mass is 226 g/mol. The van der Waals surface area contributed by atoms with E-state index in [0.717, 1.165) is 31.8 Å². The van der Waals surface area contributed by atoms with Crippen molar-refractivity contribution < 1.29 is 4.79 Å². The molecule has 0 bridgehead atoms. The van der Waals surface area contributed by atoms with Gasteiger partial charge in [0.2, 0.25) is 5.91 Å². The smallest absolute Gasteiger partial charge is 0.234 e. The van der Waals surface area contributed by atoms with Gasteiger partial charge in [-0.2, -0.15) is 0 Å². The van der Waals surface area contributed by atoms with Crippen molar-refractivity contribution >= 4 is 5.91 Å². The molecule has 0 spiro atoms. The second kappa shape index (κ2) is 6.89. The molecule has 16 heavy (non-hydrogen) atoms. The van der Waals surface area contributed by atoms with Crippen molar-refractivity contribution in [3.63, 3.8) is 0 Å². The van der Waals surface area contributed by atoms with Crippen LogP contribution in [0.3, 0.4) is 0 Å². The molecule has 0 atom stereocenters. The minimum atomic E-state index is 0.197. The highest BCUT2D eigenvalue weighted by Crippen LogP contribution is 2.23. The SMILES string of the molecule is CCN(CC)CC(=O)NC1CCC(C)CC1. The summed E-state index contributed by atoms with van der Waals surface area (Å²) in [4.78, 5) is 13.9. The molecule has 1 fully saturated rings. The first-order chi connectivity index (χ1) is 7.65. The number of carbonyl (C=O) groups excluding carboxylic acids is 1. The van der Waals surface area contributed by atoms with Crippen LogP contribution in [-0.2, 0) is 4.79 Å². The van der Waals surface area contributed by atoms with Crippen molar-refractivity contribution in [2.75, 3.05) is 19.6 Å². The first kappa shape index (κ1) is 13.5. The average molecular weight is 226 g/mol. The highest BCUT2D eigenvalue weighted by atomic mass is 16.2. The van der Waals surface area contributed by atoms with E-state index in [9.17, 15) is 4.79 Å². The fourth-order valence-electron chi connectivity index (χ4n) is 2.33. The van der Waals surface area contributed by atoms with Gasteiger partial charge in [0.15, 0.2) is 0 Å². The van der Waals surface area contributed by atoms with Crippen LogP contribution in [0.5, 0.6) is 0 Å². The van der Waals surface area contributed by atoms with E-state index in [1.54, 1.807) is 0 Å². The normalized spacial score (nSPS) is 25.8. The Morgan fingerprint density at radius 3 is 2.25 bits per heavy atom. The first-order valence-electron chi connectivity index (χ1n) is 6.67. The summed E-state index contributed by atoms with van der Waals surface area (Å²) in [7, 11) is 0. The summed E-state index contributed by atoms with van der Waals surface area (Å²) in [5, 5.41) is 3.16. The summed E-state index contributed by atoms with van der Waals surface area (Å²) < 4.78 is 0. The van der Waals surface area contributed by atoms with E-state index in [-0.39, 0.29) is 5.91 Å². The van der Waals surface area contributed by atoms with Crippen LogP contribution in [0.1, 0.15) is 46.5 Å². The molecule has 0 radical (unpaired) electrons. The van der Waals surface area contributed by atoms with Gasteiger partial charge in [-0.05, 0) is 44.7 Å². The molecule has 3 nitrogen and oxygen atoms in total. The van der Waals surface area contributed by atoms with Gasteiger partial charge in [-0.15, -0.1) is 0 Å². The van der Waals surface area contributed by atoms with Crippen molar-refractivity contribution in [2.24, 2.45) is 5.92 Å². The van der Waals surface area contributed by atoms with Gasteiger partial charge in [0, 0.05) is 6.04 Å². The quantitative estimate of drug-likeness (QED) is 0.778. The van der Waals surface area contributed by atoms with Crippen molar-refractivity contribution in [1.82, 2.24) is 10.2 Å². The lowest BCUT2D eigenvalue weighted by Gasteiger charge is -2.28. The lowest BCUT2D eigenvalue weighted by molar-refractivity contribution is -0.123. The van der Waals surface area contributed by atoms with E-state index in [2.05, 4.69) is 31.0 Å². The number of nitrogens with zero attached hydrogens (tertiary/aromatic N) is 1. The standard InChI is InChI=1S/C13H26N2O/c1-4-15(5-2)10-13(16)14-12-8-6-11(3)7-9-12/h11-12H,4-10H2,1-3H3,(H,14,16). The minimum absolute atomic E-state index is 0.197. The van der Waals surface area contributed by atoms with Gasteiger partial charge in [0.1, 0.15) is 0 Å². The van der Waals surface area contributed by atoms with Gasteiger partial charge in [0.25, 0.3) is 0 Å². The van der Waals surface area contributed by atoms with Crippen molar-refractivity contribution in [2.45, 2.75) is 52.5 Å². The fourth-order valence-corrected chi connectivity index (χ4v) is 2.33. The van der Waals surface area contributed by atoms with Crippen LogP contribution < -0.4 is 5.32 Å². The molecular formula is C13H26N2O. The fraction of sp³-hybridized carbons (Fsp3) is 0.923. The Hall–Kier alpha value is -0.570. The Morgan fingerprint density at radius 2 is 1.75 bits per heavy atom. The van der Waals surface area contributed by atoms with Crippen LogP contribution in [0.25, 0.3) is 0 Å². The minimum Gasteiger partial charge on any atom is -0.352 e. The van der Waals surface area contributed by atoms with Crippen LogP contribution in [-0.4, -0.2) is 36.5 Å². The summed E-state index contributed by atoms with van der Waals surface area (Å²) in [6.45, 7) is 8.95. The summed E-state index contributed by atoms with van der Waals surface area (Å²) in [6, 6.07) is 0.430. The third-order valence-electron chi connectivity index (χ3n) is 3.64. The van der Waals surface area contributed by atoms with Gasteiger partial charge in [0.05, 0.1) is 6.54 Å². The second-order valence-electron chi connectivity index (χ2n) is 4.99. The van der Waals surface area contributed by atoms with Gasteiger partial charge in [-0.25, -0.2) is 0 Å². The summed E-state index contributed by atoms with van der Waals surface area (Å²) in [5.41, 5.74) is 0. The number of rotatable bonds is 5. The Morgan fingerprint density at radius 1 is 1.19 bits per heavy atom. The van der Waals surface area contributed by atoms with E-state index in [1.165, 1.54) is 12.8 Å². The highest BCUT2D eigenvalue weighted by Gasteiger charge is 2.20. The van der Waals surface area contributed by atoms with Crippen molar-refractivity contribution in [1.29, 1.82) is 0 Å². The molecule has 0 heterocycles. The Balaban J connectivity index is 2.23. The van der Waals surface area contributed by atoms with Crippen LogP contribution in [0.2, 0.25) is 0 Å². The number of hydrogen-bond acceptors (Lipinski definition) is 2. The van der Waals surface area contributed by atoms with Gasteiger partial charge < -0.3 is 5.32 Å². The molecule has 0 aromatic carbocycles. The molecule has 1 aliphatic rings. The van der Waals surface area contributed by atoms with Gasteiger partial charge in [-0.3, -0.25) is 9.69 Å². The molecule has 1 rings (SSSR count). The van der Waals surface area contributed by atoms with Crippen molar-refractivity contribution in [3.8, 4) is 0 Å². The van der Waals surface area contributed by atoms with Crippen molar-refractivity contribution in [3.05, 3.63) is 0 Å². The molecule has 0 aromatic heterocycles. The summed E-state index contributed by atoms with van der Waals surface area (Å²) in [5.74, 6) is 1.04. The Bertz CT molecular complexity index is 206. The molecule has 0 aromatic rings. The number of carbonyl (C=O) groups is 1. The van der Waals surface area contributed by atoms with E-state index in [4.69, 9.17) is 0 Å². The molecule has 94 valence electrons. The summed E-state index contributed by atoms with van der Waals surface area (Å²) in [6.07, 6.45) is 4.84. The van der Waals surface area contributed by atoms with Crippen LogP contribution >= 0.6 is 0 Å². The van der Waals surface area contributed by atoms with Gasteiger partial charge >= 0.3 is 0 Å². The molecule has 1 N–H and O–H groups in total. The zero-order valence-electron chi connectivity index (χ0n) is 11.0. The zero-order chi connectivity index (χ0) is 12.0. The average Bonchev–Trinajstić information content (AvgIpc) is 2.29. The molecule has 3 heteroatoms. The molecule has 1 saturated carbocycles. The zero-order valence-corrected chi connectivity index (χ0v) is 11.0. The van der Waals surface area contributed by atoms with E-state index < -0.39 is 0 Å². The molecular weight excluding hydrogens is 200 g/mol. The number of amides is 1. The third-order valence-corrected chi connectivity index (χ3v) is 3.64. The number of likely N-dealkylation sites (N-methyl/N-ethyl adjacent to an activating group) is 1. The molecule has 1 aliphatic carbocycles. The lowest BCUT2D eigenvalue weighted by atomic mass is 9.87. The maximum absolute atomic E-state index is 11.8. The Kier molecular flexibility index (Phi) is 5.81. The van der Waals surface area contributed by atoms with Gasteiger partial charge in [-0.1, -0.05) is 20.8 Å². The predicted molar refractivity (Wildman–Crippen MR) is 67.4 cm³/mol. The highest BCUT2D eigenvalue weighted by molar-refractivity contribution is 5.78. The van der Waals surface area contributed by atoms with Crippen LogP contribution in [0, 0.1) is 5.92 Å². The molecule has 0 saturated heterocycles. The summed E-state index contributed by atoms with van der Waals surface area (Å²) >= 11 is 0. The van der Waals surface area contributed by atoms with Crippen LogP contribution in [0.15, 0.2) is 0 Å². The van der Waals surface area contributed by atoms with E-state index in [0.29, 0.717) is 12.6 Å². The molecule has 1 amide bonds. The molecule has 0 unspecified atom stereocenters.